The summed E-state index contributed by atoms with van der Waals surface area (Å²) in [6.45, 7) is 7.50. The van der Waals surface area contributed by atoms with Gasteiger partial charge in [0.25, 0.3) is 0 Å². The number of hydrogen-bond donors (Lipinski definition) is 2. The Kier molecular flexibility index (Phi) is 4.90. The summed E-state index contributed by atoms with van der Waals surface area (Å²) in [4.78, 5) is 0. The maximum Gasteiger partial charge on any atom is 0.0963 e. The van der Waals surface area contributed by atoms with Crippen LogP contribution in [0.4, 0.5) is 0 Å². The molecule has 0 atom stereocenters. The highest BCUT2D eigenvalue weighted by atomic mass is 16.5. The van der Waals surface area contributed by atoms with E-state index in [1.165, 1.54) is 0 Å². The maximum absolute atomic E-state index is 7.30. The zero-order valence-electron chi connectivity index (χ0n) is 8.31. The first-order valence-electron chi connectivity index (χ1n) is 4.43. The molecule has 0 amide bonds. The molecule has 0 aromatic carbocycles. The van der Waals surface area contributed by atoms with E-state index in [4.69, 9.17) is 15.9 Å². The van der Waals surface area contributed by atoms with Crippen LogP contribution < -0.4 is 5.73 Å². The van der Waals surface area contributed by atoms with E-state index in [0.29, 0.717) is 6.61 Å². The van der Waals surface area contributed by atoms with Crippen molar-refractivity contribution in [1.82, 2.24) is 0 Å². The first kappa shape index (κ1) is 11.4. The predicted molar refractivity (Wildman–Crippen MR) is 51.4 cm³/mol. The molecule has 0 aliphatic carbocycles. The second-order valence-corrected chi connectivity index (χ2v) is 3.66. The van der Waals surface area contributed by atoms with Gasteiger partial charge in [0, 0.05) is 18.6 Å². The van der Waals surface area contributed by atoms with Gasteiger partial charge in [-0.15, -0.1) is 0 Å². The summed E-state index contributed by atoms with van der Waals surface area (Å²) in [5.74, 6) is 0.239. The lowest BCUT2D eigenvalue weighted by molar-refractivity contribution is 0.117. The van der Waals surface area contributed by atoms with Crippen molar-refractivity contribution in [2.45, 2.75) is 33.6 Å². The molecule has 12 heavy (non-hydrogen) atoms. The molecule has 0 heterocycles. The summed E-state index contributed by atoms with van der Waals surface area (Å²) in [5, 5.41) is 7.30. The highest BCUT2D eigenvalue weighted by Crippen LogP contribution is 2.19. The molecule has 0 aromatic heterocycles. The zero-order chi connectivity index (χ0) is 9.61. The Morgan fingerprint density at radius 3 is 2.42 bits per heavy atom. The van der Waals surface area contributed by atoms with Gasteiger partial charge in [-0.2, -0.15) is 0 Å². The average molecular weight is 172 g/mol. The van der Waals surface area contributed by atoms with E-state index in [1.807, 2.05) is 13.8 Å². The molecule has 0 radical (unpaired) electrons. The summed E-state index contributed by atoms with van der Waals surface area (Å²) >= 11 is 0. The molecule has 0 saturated carbocycles. The fourth-order valence-corrected chi connectivity index (χ4v) is 0.708. The van der Waals surface area contributed by atoms with E-state index in [0.717, 1.165) is 19.4 Å². The first-order valence-corrected chi connectivity index (χ1v) is 4.43. The van der Waals surface area contributed by atoms with E-state index in [9.17, 15) is 0 Å². The number of rotatable bonds is 6. The first-order chi connectivity index (χ1) is 5.50. The molecule has 0 rings (SSSR count). The van der Waals surface area contributed by atoms with Gasteiger partial charge < -0.3 is 10.5 Å². The van der Waals surface area contributed by atoms with Crippen molar-refractivity contribution >= 4 is 5.84 Å². The quantitative estimate of drug-likeness (QED) is 0.364. The minimum Gasteiger partial charge on any atom is -0.387 e. The van der Waals surface area contributed by atoms with Gasteiger partial charge in [0.15, 0.2) is 0 Å². The number of nitrogens with two attached hydrogens (primary N) is 1. The molecule has 3 N–H and O–H groups in total. The van der Waals surface area contributed by atoms with Gasteiger partial charge in [-0.25, -0.2) is 0 Å². The van der Waals surface area contributed by atoms with Crippen LogP contribution in [0.5, 0.6) is 0 Å². The molecule has 0 aliphatic heterocycles. The third-order valence-electron chi connectivity index (χ3n) is 1.95. The Labute approximate surface area is 74.8 Å². The summed E-state index contributed by atoms with van der Waals surface area (Å²) in [6, 6.07) is 0. The lowest BCUT2D eigenvalue weighted by atomic mass is 9.89. The number of hydrogen-bond acceptors (Lipinski definition) is 2. The number of ether oxygens (including phenoxy) is 1. The van der Waals surface area contributed by atoms with Crippen LogP contribution in [0.25, 0.3) is 0 Å². The van der Waals surface area contributed by atoms with Gasteiger partial charge in [0.05, 0.1) is 5.84 Å². The van der Waals surface area contributed by atoms with Gasteiger partial charge in [-0.3, -0.25) is 5.41 Å². The van der Waals surface area contributed by atoms with Crippen molar-refractivity contribution in [3.8, 4) is 0 Å². The topological polar surface area (TPSA) is 59.1 Å². The van der Waals surface area contributed by atoms with Crippen LogP contribution in [0.3, 0.4) is 0 Å². The largest absolute Gasteiger partial charge is 0.387 e. The van der Waals surface area contributed by atoms with Crippen LogP contribution in [0.2, 0.25) is 0 Å². The molecule has 0 aliphatic rings. The van der Waals surface area contributed by atoms with Crippen molar-refractivity contribution in [1.29, 1.82) is 5.41 Å². The SMILES string of the molecule is CCCOCCC(C)(C)C(=N)N. The second kappa shape index (κ2) is 5.14. The monoisotopic (exact) mass is 172 g/mol. The molecule has 3 heteroatoms. The zero-order valence-corrected chi connectivity index (χ0v) is 8.31. The Morgan fingerprint density at radius 1 is 1.42 bits per heavy atom. The minimum atomic E-state index is -0.215. The van der Waals surface area contributed by atoms with Crippen molar-refractivity contribution in [2.75, 3.05) is 13.2 Å². The molecule has 0 unspecified atom stereocenters. The summed E-state index contributed by atoms with van der Waals surface area (Å²) in [7, 11) is 0. The third kappa shape index (κ3) is 4.34. The third-order valence-corrected chi connectivity index (χ3v) is 1.95. The second-order valence-electron chi connectivity index (χ2n) is 3.66. The van der Waals surface area contributed by atoms with E-state index >= 15 is 0 Å². The van der Waals surface area contributed by atoms with Crippen molar-refractivity contribution in [3.63, 3.8) is 0 Å². The lowest BCUT2D eigenvalue weighted by Crippen LogP contribution is -2.31. The standard InChI is InChI=1S/C9H20N2O/c1-4-6-12-7-5-9(2,3)8(10)11/h4-7H2,1-3H3,(H3,10,11). The Balaban J connectivity index is 3.54. The van der Waals surface area contributed by atoms with Crippen molar-refractivity contribution in [2.24, 2.45) is 11.1 Å². The van der Waals surface area contributed by atoms with Crippen molar-refractivity contribution < 1.29 is 4.74 Å². The van der Waals surface area contributed by atoms with Crippen LogP contribution >= 0.6 is 0 Å². The van der Waals surface area contributed by atoms with E-state index in [2.05, 4.69) is 6.92 Å². The average Bonchev–Trinajstić information content (AvgIpc) is 1.98. The summed E-state index contributed by atoms with van der Waals surface area (Å²) in [6.07, 6.45) is 1.86. The van der Waals surface area contributed by atoms with E-state index in [-0.39, 0.29) is 11.3 Å². The Hall–Kier alpha value is -0.570. The molecule has 0 saturated heterocycles. The van der Waals surface area contributed by atoms with E-state index < -0.39 is 0 Å². The molecule has 72 valence electrons. The number of nitrogens with one attached hydrogen (secondary N) is 1. The molecule has 0 aromatic rings. The molecule has 0 fully saturated rings. The minimum absolute atomic E-state index is 0.215. The number of amidine groups is 1. The molecule has 0 bridgehead atoms. The fourth-order valence-electron chi connectivity index (χ4n) is 0.708. The molecular formula is C9H20N2O. The van der Waals surface area contributed by atoms with Crippen LogP contribution in [0, 0.1) is 10.8 Å². The molecule has 0 spiro atoms. The Bertz CT molecular complexity index is 143. The van der Waals surface area contributed by atoms with Gasteiger partial charge in [0.1, 0.15) is 0 Å². The van der Waals surface area contributed by atoms with Crippen LogP contribution in [0.1, 0.15) is 33.6 Å². The fraction of sp³-hybridized carbons (Fsp3) is 0.889. The van der Waals surface area contributed by atoms with Crippen molar-refractivity contribution in [3.05, 3.63) is 0 Å². The highest BCUT2D eigenvalue weighted by Gasteiger charge is 2.20. The summed E-state index contributed by atoms with van der Waals surface area (Å²) in [5.41, 5.74) is 5.20. The highest BCUT2D eigenvalue weighted by molar-refractivity contribution is 5.82. The van der Waals surface area contributed by atoms with Gasteiger partial charge >= 0.3 is 0 Å². The predicted octanol–water partition coefficient (Wildman–Crippen LogP) is 1.77. The van der Waals surface area contributed by atoms with E-state index in [1.54, 1.807) is 0 Å². The Morgan fingerprint density at radius 2 is 2.00 bits per heavy atom. The molecule has 3 nitrogen and oxygen atoms in total. The molecular weight excluding hydrogens is 152 g/mol. The van der Waals surface area contributed by atoms with Crippen LogP contribution in [-0.2, 0) is 4.74 Å². The lowest BCUT2D eigenvalue weighted by Gasteiger charge is -2.22. The summed E-state index contributed by atoms with van der Waals surface area (Å²) < 4.78 is 5.32. The van der Waals surface area contributed by atoms with Gasteiger partial charge in [-0.05, 0) is 12.8 Å². The van der Waals surface area contributed by atoms with Crippen LogP contribution in [-0.4, -0.2) is 19.0 Å². The van der Waals surface area contributed by atoms with Crippen LogP contribution in [0.15, 0.2) is 0 Å². The van der Waals surface area contributed by atoms with Gasteiger partial charge in [0.2, 0.25) is 0 Å². The normalized spacial score (nSPS) is 11.6. The van der Waals surface area contributed by atoms with Gasteiger partial charge in [-0.1, -0.05) is 20.8 Å². The maximum atomic E-state index is 7.30. The smallest absolute Gasteiger partial charge is 0.0963 e.